The molecule has 1 aliphatic rings. The topological polar surface area (TPSA) is 67.2 Å². The highest BCUT2D eigenvalue weighted by Gasteiger charge is 2.25. The van der Waals surface area contributed by atoms with Crippen molar-refractivity contribution in [3.63, 3.8) is 0 Å². The van der Waals surface area contributed by atoms with E-state index in [1.807, 2.05) is 31.2 Å². The predicted octanol–water partition coefficient (Wildman–Crippen LogP) is 4.23. The summed E-state index contributed by atoms with van der Waals surface area (Å²) in [6, 6.07) is 12.8. The third kappa shape index (κ3) is 3.73. The lowest BCUT2D eigenvalue weighted by molar-refractivity contribution is 0.182. The van der Waals surface area contributed by atoms with E-state index in [-0.39, 0.29) is 17.6 Å². The summed E-state index contributed by atoms with van der Waals surface area (Å²) < 4.78 is 1.67. The second-order valence-corrected chi connectivity index (χ2v) is 7.57. The van der Waals surface area contributed by atoms with Gasteiger partial charge in [0.25, 0.3) is 5.56 Å². The van der Waals surface area contributed by atoms with Crippen molar-refractivity contribution in [1.82, 2.24) is 14.5 Å². The van der Waals surface area contributed by atoms with Gasteiger partial charge in [-0.2, -0.15) is 0 Å². The zero-order valence-corrected chi connectivity index (χ0v) is 16.3. The summed E-state index contributed by atoms with van der Waals surface area (Å²) in [6.45, 7) is 3.18. The summed E-state index contributed by atoms with van der Waals surface area (Å²) in [6.07, 6.45) is 3.01. The number of halogens is 1. The van der Waals surface area contributed by atoms with E-state index < -0.39 is 0 Å². The molecule has 0 atom stereocenters. The SMILES string of the molecule is Cc1ccc(NC(=O)N2CCC(n3cnc4ccc(Cl)cc4c3=O)CC2)cc1. The van der Waals surface area contributed by atoms with Gasteiger partial charge >= 0.3 is 6.03 Å². The van der Waals surface area contributed by atoms with E-state index in [0.717, 1.165) is 11.3 Å². The highest BCUT2D eigenvalue weighted by Crippen LogP contribution is 2.23. The Kier molecular flexibility index (Phi) is 5.05. The number of hydrogen-bond donors (Lipinski definition) is 1. The molecule has 0 spiro atoms. The molecule has 0 unspecified atom stereocenters. The molecule has 6 nitrogen and oxygen atoms in total. The first-order chi connectivity index (χ1) is 13.5. The first-order valence-electron chi connectivity index (χ1n) is 9.30. The Bertz CT molecular complexity index is 1070. The summed E-state index contributed by atoms with van der Waals surface area (Å²) in [5.41, 5.74) is 2.48. The van der Waals surface area contributed by atoms with Crippen LogP contribution in [-0.4, -0.2) is 33.6 Å². The van der Waals surface area contributed by atoms with Gasteiger partial charge in [0.05, 0.1) is 17.2 Å². The zero-order chi connectivity index (χ0) is 19.7. The monoisotopic (exact) mass is 396 g/mol. The minimum absolute atomic E-state index is 0.0202. The van der Waals surface area contributed by atoms with Crippen LogP contribution in [0, 0.1) is 6.92 Å². The van der Waals surface area contributed by atoms with Gasteiger partial charge in [0, 0.05) is 29.8 Å². The number of benzene rings is 2. The van der Waals surface area contributed by atoms with E-state index in [1.54, 1.807) is 34.0 Å². The fourth-order valence-electron chi connectivity index (χ4n) is 3.55. The van der Waals surface area contributed by atoms with Crippen molar-refractivity contribution in [1.29, 1.82) is 0 Å². The van der Waals surface area contributed by atoms with Crippen molar-refractivity contribution in [2.75, 3.05) is 18.4 Å². The largest absolute Gasteiger partial charge is 0.324 e. The number of rotatable bonds is 2. The number of carbonyl (C=O) groups excluding carboxylic acids is 1. The average Bonchev–Trinajstić information content (AvgIpc) is 2.71. The number of amides is 2. The van der Waals surface area contributed by atoms with Gasteiger partial charge in [-0.1, -0.05) is 29.3 Å². The van der Waals surface area contributed by atoms with Crippen LogP contribution in [0.3, 0.4) is 0 Å². The van der Waals surface area contributed by atoms with Gasteiger partial charge in [-0.25, -0.2) is 9.78 Å². The van der Waals surface area contributed by atoms with Crippen molar-refractivity contribution in [3.05, 3.63) is 69.7 Å². The number of fused-ring (bicyclic) bond motifs is 1. The molecule has 0 aliphatic carbocycles. The van der Waals surface area contributed by atoms with Gasteiger partial charge in [0.15, 0.2) is 0 Å². The van der Waals surface area contributed by atoms with E-state index in [1.165, 1.54) is 0 Å². The van der Waals surface area contributed by atoms with E-state index in [2.05, 4.69) is 10.3 Å². The number of carbonyl (C=O) groups is 1. The average molecular weight is 397 g/mol. The molecule has 7 heteroatoms. The molecule has 28 heavy (non-hydrogen) atoms. The highest BCUT2D eigenvalue weighted by atomic mass is 35.5. The molecular weight excluding hydrogens is 376 g/mol. The van der Waals surface area contributed by atoms with Crippen LogP contribution < -0.4 is 10.9 Å². The van der Waals surface area contributed by atoms with Crippen LogP contribution in [0.15, 0.2) is 53.6 Å². The Hall–Kier alpha value is -2.86. The molecule has 0 radical (unpaired) electrons. The van der Waals surface area contributed by atoms with Crippen molar-refractivity contribution in [2.45, 2.75) is 25.8 Å². The molecule has 1 saturated heterocycles. The molecule has 2 amide bonds. The van der Waals surface area contributed by atoms with Gasteiger partial charge in [-0.3, -0.25) is 9.36 Å². The first kappa shape index (κ1) is 18.5. The Morgan fingerprint density at radius 3 is 2.57 bits per heavy atom. The molecule has 144 valence electrons. The second kappa shape index (κ2) is 7.64. The quantitative estimate of drug-likeness (QED) is 0.704. The smallest absolute Gasteiger partial charge is 0.321 e. The second-order valence-electron chi connectivity index (χ2n) is 7.13. The number of piperidine rings is 1. The first-order valence-corrected chi connectivity index (χ1v) is 9.68. The zero-order valence-electron chi connectivity index (χ0n) is 15.6. The number of aromatic nitrogens is 2. The molecule has 1 N–H and O–H groups in total. The molecule has 1 aliphatic heterocycles. The number of aryl methyl sites for hydroxylation is 1. The standard InChI is InChI=1S/C21H21ClN4O2/c1-14-2-5-16(6-3-14)24-21(28)25-10-8-17(9-11-25)26-13-23-19-7-4-15(22)12-18(19)20(26)27/h2-7,12-13,17H,8-11H2,1H3,(H,24,28). The van der Waals surface area contributed by atoms with E-state index >= 15 is 0 Å². The molecule has 4 rings (SSSR count). The van der Waals surface area contributed by atoms with E-state index in [0.29, 0.717) is 41.9 Å². The molecule has 2 aromatic carbocycles. The van der Waals surface area contributed by atoms with Gasteiger partial charge in [-0.05, 0) is 50.1 Å². The molecule has 0 saturated carbocycles. The molecule has 0 bridgehead atoms. The fraction of sp³-hybridized carbons (Fsp3) is 0.286. The molecule has 1 aromatic heterocycles. The van der Waals surface area contributed by atoms with Crippen LogP contribution in [0.4, 0.5) is 10.5 Å². The summed E-state index contributed by atoms with van der Waals surface area (Å²) in [7, 11) is 0. The number of nitrogens with zero attached hydrogens (tertiary/aromatic N) is 3. The van der Waals surface area contributed by atoms with Crippen molar-refractivity contribution >= 4 is 34.2 Å². The van der Waals surface area contributed by atoms with Crippen molar-refractivity contribution in [2.24, 2.45) is 0 Å². The number of likely N-dealkylation sites (tertiary alicyclic amines) is 1. The van der Waals surface area contributed by atoms with Gasteiger partial charge in [0.2, 0.25) is 0 Å². The van der Waals surface area contributed by atoms with Crippen molar-refractivity contribution in [3.8, 4) is 0 Å². The lowest BCUT2D eigenvalue weighted by Gasteiger charge is -2.32. The number of nitrogens with one attached hydrogen (secondary N) is 1. The Morgan fingerprint density at radius 1 is 1.14 bits per heavy atom. The summed E-state index contributed by atoms with van der Waals surface area (Å²) in [5.74, 6) is 0. The fourth-order valence-corrected chi connectivity index (χ4v) is 3.73. The predicted molar refractivity (Wildman–Crippen MR) is 111 cm³/mol. The Labute approximate surface area is 167 Å². The van der Waals surface area contributed by atoms with Crippen LogP contribution in [0.2, 0.25) is 5.02 Å². The van der Waals surface area contributed by atoms with Gasteiger partial charge in [0.1, 0.15) is 0 Å². The van der Waals surface area contributed by atoms with Gasteiger partial charge in [-0.15, -0.1) is 0 Å². The van der Waals surface area contributed by atoms with Crippen LogP contribution in [0.1, 0.15) is 24.4 Å². The number of hydrogen-bond acceptors (Lipinski definition) is 3. The van der Waals surface area contributed by atoms with E-state index in [9.17, 15) is 9.59 Å². The normalized spacial score (nSPS) is 15.0. The molecule has 2 heterocycles. The minimum Gasteiger partial charge on any atom is -0.324 e. The van der Waals surface area contributed by atoms with Crippen LogP contribution in [0.5, 0.6) is 0 Å². The third-order valence-corrected chi connectivity index (χ3v) is 5.43. The van der Waals surface area contributed by atoms with Crippen molar-refractivity contribution < 1.29 is 4.79 Å². The summed E-state index contributed by atoms with van der Waals surface area (Å²) in [4.78, 5) is 31.5. The molecule has 1 fully saturated rings. The van der Waals surface area contributed by atoms with Crippen LogP contribution >= 0.6 is 11.6 Å². The maximum Gasteiger partial charge on any atom is 0.321 e. The van der Waals surface area contributed by atoms with Gasteiger partial charge < -0.3 is 10.2 Å². The number of anilines is 1. The Morgan fingerprint density at radius 2 is 1.86 bits per heavy atom. The summed E-state index contributed by atoms with van der Waals surface area (Å²) >= 11 is 6.03. The summed E-state index contributed by atoms with van der Waals surface area (Å²) in [5, 5.41) is 3.97. The lowest BCUT2D eigenvalue weighted by atomic mass is 10.0. The van der Waals surface area contributed by atoms with Crippen LogP contribution in [0.25, 0.3) is 10.9 Å². The third-order valence-electron chi connectivity index (χ3n) is 5.19. The number of urea groups is 1. The molecular formula is C21H21ClN4O2. The lowest BCUT2D eigenvalue weighted by Crippen LogP contribution is -2.42. The highest BCUT2D eigenvalue weighted by molar-refractivity contribution is 6.31. The van der Waals surface area contributed by atoms with Crippen LogP contribution in [-0.2, 0) is 0 Å². The minimum atomic E-state index is -0.113. The Balaban J connectivity index is 1.44. The maximum atomic E-state index is 12.8. The molecule has 3 aromatic rings. The van der Waals surface area contributed by atoms with E-state index in [4.69, 9.17) is 11.6 Å². The maximum absolute atomic E-state index is 12.8.